The lowest BCUT2D eigenvalue weighted by atomic mass is 9.55. The van der Waals surface area contributed by atoms with Gasteiger partial charge in [0, 0.05) is 35.9 Å². The van der Waals surface area contributed by atoms with Gasteiger partial charge in [-0.1, -0.05) is 6.07 Å². The Kier molecular flexibility index (Phi) is 2.92. The third-order valence-electron chi connectivity index (χ3n) is 8.06. The quantitative estimate of drug-likeness (QED) is 0.697. The van der Waals surface area contributed by atoms with Crippen LogP contribution in [0.15, 0.2) is 29.1 Å². The van der Waals surface area contributed by atoms with E-state index in [9.17, 15) is 19.8 Å². The largest absolute Gasteiger partial charge is 0.497 e. The molecule has 3 aliphatic carbocycles. The SMILES string of the molecule is COc1ccc2c(c1)[C@@]13Cc4[nH]c(=O)c(C(=O)O)cc4C[C@@]1(O)[C@@H]1N(C)CC21C3. The predicted octanol–water partition coefficient (Wildman–Crippen LogP) is 0.819. The highest BCUT2D eigenvalue weighted by atomic mass is 16.5. The molecule has 1 aromatic heterocycles. The molecule has 2 heterocycles. The number of nitrogens with zero attached hydrogens (tertiary/aromatic N) is 1. The van der Waals surface area contributed by atoms with Crippen molar-refractivity contribution in [2.24, 2.45) is 0 Å². The molecule has 150 valence electrons. The Morgan fingerprint density at radius 2 is 2.07 bits per heavy atom. The van der Waals surface area contributed by atoms with Crippen molar-refractivity contribution in [1.82, 2.24) is 9.88 Å². The molecule has 2 aromatic rings. The highest BCUT2D eigenvalue weighted by molar-refractivity contribution is 5.87. The third-order valence-corrected chi connectivity index (χ3v) is 8.06. The van der Waals surface area contributed by atoms with Gasteiger partial charge in [-0.2, -0.15) is 0 Å². The average molecular weight is 394 g/mol. The molecule has 0 radical (unpaired) electrons. The molecule has 1 aliphatic heterocycles. The summed E-state index contributed by atoms with van der Waals surface area (Å²) in [6, 6.07) is 7.58. The minimum Gasteiger partial charge on any atom is -0.497 e. The van der Waals surface area contributed by atoms with Gasteiger partial charge in [-0.05, 0) is 48.4 Å². The second kappa shape index (κ2) is 4.91. The molecular weight excluding hydrogens is 372 g/mol. The number of carboxylic acid groups (broad SMARTS) is 1. The van der Waals surface area contributed by atoms with Crippen LogP contribution in [-0.2, 0) is 23.7 Å². The van der Waals surface area contributed by atoms with Crippen molar-refractivity contribution >= 4 is 5.97 Å². The fourth-order valence-corrected chi connectivity index (χ4v) is 7.25. The molecule has 2 spiro atoms. The Bertz CT molecular complexity index is 1170. The van der Waals surface area contributed by atoms with E-state index in [4.69, 9.17) is 4.74 Å². The van der Waals surface area contributed by atoms with Crippen LogP contribution >= 0.6 is 0 Å². The van der Waals surface area contributed by atoms with E-state index in [1.165, 1.54) is 11.6 Å². The van der Waals surface area contributed by atoms with Crippen LogP contribution < -0.4 is 10.3 Å². The first-order valence-electron chi connectivity index (χ1n) is 9.86. The Morgan fingerprint density at radius 1 is 1.28 bits per heavy atom. The number of carboxylic acids is 1. The summed E-state index contributed by atoms with van der Waals surface area (Å²) < 4.78 is 5.47. The summed E-state index contributed by atoms with van der Waals surface area (Å²) in [5.41, 5.74) is 1.33. The van der Waals surface area contributed by atoms with E-state index < -0.39 is 22.5 Å². The smallest absolute Gasteiger partial charge is 0.341 e. The predicted molar refractivity (Wildman–Crippen MR) is 104 cm³/mol. The number of likely N-dealkylation sites (N-methyl/N-ethyl adjacent to an activating group) is 1. The number of aromatic carboxylic acids is 1. The highest BCUT2D eigenvalue weighted by Gasteiger charge is 2.80. The second-order valence-corrected chi connectivity index (χ2v) is 9.24. The number of hydrogen-bond acceptors (Lipinski definition) is 5. The van der Waals surface area contributed by atoms with Crippen LogP contribution in [0.5, 0.6) is 5.75 Å². The number of likely N-dealkylation sites (tertiary alicyclic amines) is 1. The zero-order chi connectivity index (χ0) is 20.3. The van der Waals surface area contributed by atoms with Crippen molar-refractivity contribution in [1.29, 1.82) is 0 Å². The summed E-state index contributed by atoms with van der Waals surface area (Å²) in [6.07, 6.45) is 1.64. The lowest BCUT2D eigenvalue weighted by Gasteiger charge is -2.61. The lowest BCUT2D eigenvalue weighted by Crippen LogP contribution is -2.74. The van der Waals surface area contributed by atoms with Crippen LogP contribution in [0.25, 0.3) is 0 Å². The molecule has 1 saturated carbocycles. The number of hydrogen-bond donors (Lipinski definition) is 3. The molecule has 7 nitrogen and oxygen atoms in total. The van der Waals surface area contributed by atoms with Gasteiger partial charge >= 0.3 is 5.97 Å². The zero-order valence-corrected chi connectivity index (χ0v) is 16.3. The summed E-state index contributed by atoms with van der Waals surface area (Å²) in [5.74, 6) is -0.490. The molecular formula is C22H22N2O5. The maximum Gasteiger partial charge on any atom is 0.341 e. The van der Waals surface area contributed by atoms with E-state index >= 15 is 0 Å². The van der Waals surface area contributed by atoms with E-state index in [-0.39, 0.29) is 17.0 Å². The molecule has 1 unspecified atom stereocenters. The standard InChI is InChI=1S/C22H22N2O5/c1-24-10-20-9-21(15-6-12(29-2)3-4-14(15)20)8-16-11(7-22(21,28)19(20)24)5-13(18(26)27)17(25)23-16/h3-6,19,28H,7-10H2,1-2H3,(H,23,25)(H,26,27)/t19-,20?,21+,22-/m1/s1. The fraction of sp³-hybridized carbons (Fsp3) is 0.455. The topological polar surface area (TPSA) is 103 Å². The van der Waals surface area contributed by atoms with Gasteiger partial charge in [0.05, 0.1) is 18.8 Å². The highest BCUT2D eigenvalue weighted by Crippen LogP contribution is 2.72. The van der Waals surface area contributed by atoms with E-state index in [1.807, 2.05) is 19.2 Å². The Balaban J connectivity index is 1.61. The van der Waals surface area contributed by atoms with E-state index in [0.29, 0.717) is 12.8 Å². The zero-order valence-electron chi connectivity index (χ0n) is 16.3. The molecule has 29 heavy (non-hydrogen) atoms. The van der Waals surface area contributed by atoms with Gasteiger partial charge in [0.25, 0.3) is 5.56 Å². The monoisotopic (exact) mass is 394 g/mol. The van der Waals surface area contributed by atoms with Crippen molar-refractivity contribution in [3.63, 3.8) is 0 Å². The summed E-state index contributed by atoms with van der Waals surface area (Å²) in [7, 11) is 3.68. The van der Waals surface area contributed by atoms with Gasteiger partial charge < -0.3 is 19.9 Å². The minimum atomic E-state index is -1.25. The number of ether oxygens (including phenoxy) is 1. The van der Waals surface area contributed by atoms with Crippen molar-refractivity contribution in [3.8, 4) is 5.75 Å². The van der Waals surface area contributed by atoms with Crippen LogP contribution in [-0.4, -0.2) is 58.4 Å². The van der Waals surface area contributed by atoms with Crippen molar-refractivity contribution in [2.45, 2.75) is 41.7 Å². The number of benzene rings is 1. The van der Waals surface area contributed by atoms with E-state index in [1.54, 1.807) is 7.11 Å². The van der Waals surface area contributed by atoms with E-state index in [0.717, 1.165) is 35.5 Å². The van der Waals surface area contributed by atoms with Crippen LogP contribution in [0.4, 0.5) is 0 Å². The Hall–Kier alpha value is -2.64. The maximum absolute atomic E-state index is 12.3. The van der Waals surface area contributed by atoms with Gasteiger partial charge in [0.2, 0.25) is 0 Å². The molecule has 0 amide bonds. The normalized spacial score (nSPS) is 35.9. The summed E-state index contributed by atoms with van der Waals surface area (Å²) in [6.45, 7) is 0.883. The first kappa shape index (κ1) is 17.2. The number of fused-ring (bicyclic) bond motifs is 3. The summed E-state index contributed by atoms with van der Waals surface area (Å²) in [4.78, 5) is 28.8. The molecule has 6 rings (SSSR count). The van der Waals surface area contributed by atoms with Gasteiger partial charge in [-0.3, -0.25) is 9.69 Å². The minimum absolute atomic E-state index is 0.0238. The van der Waals surface area contributed by atoms with Crippen molar-refractivity contribution in [2.75, 3.05) is 20.7 Å². The van der Waals surface area contributed by atoms with Gasteiger partial charge in [0.15, 0.2) is 0 Å². The van der Waals surface area contributed by atoms with Gasteiger partial charge in [-0.25, -0.2) is 4.79 Å². The van der Waals surface area contributed by atoms with Crippen molar-refractivity contribution in [3.05, 3.63) is 62.6 Å². The molecule has 4 aliphatic rings. The number of methoxy groups -OCH3 is 1. The van der Waals surface area contributed by atoms with Gasteiger partial charge in [0.1, 0.15) is 11.3 Å². The van der Waals surface area contributed by atoms with Crippen LogP contribution in [0, 0.1) is 0 Å². The molecule has 3 N–H and O–H groups in total. The number of nitrogens with one attached hydrogen (secondary N) is 1. The number of H-pyrrole nitrogens is 1. The molecule has 2 bridgehead atoms. The molecule has 1 aromatic carbocycles. The summed E-state index contributed by atoms with van der Waals surface area (Å²) >= 11 is 0. The van der Waals surface area contributed by atoms with Crippen LogP contribution in [0.3, 0.4) is 0 Å². The molecule has 2 fully saturated rings. The average Bonchev–Trinajstić information content (AvgIpc) is 3.04. The Morgan fingerprint density at radius 3 is 2.76 bits per heavy atom. The number of rotatable bonds is 2. The van der Waals surface area contributed by atoms with E-state index in [2.05, 4.69) is 16.0 Å². The number of pyridine rings is 1. The first-order valence-corrected chi connectivity index (χ1v) is 9.86. The summed E-state index contributed by atoms with van der Waals surface area (Å²) in [5, 5.41) is 21.5. The lowest BCUT2D eigenvalue weighted by molar-refractivity contribution is -0.126. The molecule has 1 saturated heterocycles. The number of aliphatic hydroxyl groups is 1. The van der Waals surface area contributed by atoms with Gasteiger partial charge in [-0.15, -0.1) is 0 Å². The second-order valence-electron chi connectivity index (χ2n) is 9.24. The van der Waals surface area contributed by atoms with Crippen LogP contribution in [0.1, 0.15) is 39.2 Å². The number of aromatic nitrogens is 1. The maximum atomic E-state index is 12.3. The third kappa shape index (κ3) is 1.69. The molecule has 4 atom stereocenters. The number of carbonyl (C=O) groups is 1. The number of aromatic amines is 1. The fourth-order valence-electron chi connectivity index (χ4n) is 7.25. The molecule has 7 heteroatoms. The van der Waals surface area contributed by atoms with Crippen molar-refractivity contribution < 1.29 is 19.7 Å². The Labute approximate surface area is 166 Å². The first-order chi connectivity index (χ1) is 13.8. The van der Waals surface area contributed by atoms with Crippen LogP contribution in [0.2, 0.25) is 0 Å².